The largest absolute Gasteiger partial charge is 0.494 e. The number of allylic oxidation sites excluding steroid dienone is 1. The van der Waals surface area contributed by atoms with E-state index < -0.39 is 0 Å². The van der Waals surface area contributed by atoms with Crippen molar-refractivity contribution in [2.24, 2.45) is 4.99 Å². The van der Waals surface area contributed by atoms with Gasteiger partial charge in [-0.1, -0.05) is 18.2 Å². The van der Waals surface area contributed by atoms with Gasteiger partial charge in [0.15, 0.2) is 5.71 Å². The molecule has 0 saturated heterocycles. The maximum atomic E-state index is 5.83. The minimum Gasteiger partial charge on any atom is -0.494 e. The topological polar surface area (TPSA) is 32.9 Å². The summed E-state index contributed by atoms with van der Waals surface area (Å²) in [6, 6.07) is 9.92. The Balaban J connectivity index is 1.89. The Morgan fingerprint density at radius 3 is 2.83 bits per heavy atom. The SMILES string of the molecule is CCOC1=CC2[O+]=C(c3ccccc3)N=C2C=C1. The van der Waals surface area contributed by atoms with Gasteiger partial charge in [-0.15, -0.1) is 0 Å². The molecular formula is C15H14NO2+. The Morgan fingerprint density at radius 1 is 1.22 bits per heavy atom. The van der Waals surface area contributed by atoms with Gasteiger partial charge in [-0.3, -0.25) is 0 Å². The van der Waals surface area contributed by atoms with Crippen LogP contribution in [0.25, 0.3) is 0 Å². The molecule has 0 N–H and O–H groups in total. The first-order valence-electron chi connectivity index (χ1n) is 6.07. The van der Waals surface area contributed by atoms with E-state index in [-0.39, 0.29) is 6.10 Å². The standard InChI is InChI=1S/C15H14NO2/c1-2-17-12-8-9-13-14(10-12)18-15(16-13)11-6-4-3-5-7-11/h3-10,14H,2H2,1H3/q+1. The molecule has 1 unspecified atom stereocenters. The lowest BCUT2D eigenvalue weighted by Crippen LogP contribution is -2.15. The first-order valence-corrected chi connectivity index (χ1v) is 6.07. The van der Waals surface area contributed by atoms with E-state index in [1.54, 1.807) is 0 Å². The molecule has 0 radical (unpaired) electrons. The number of rotatable bonds is 3. The highest BCUT2D eigenvalue weighted by Gasteiger charge is 2.35. The molecule has 1 aromatic rings. The number of hydrogen-bond acceptors (Lipinski definition) is 2. The monoisotopic (exact) mass is 240 g/mol. The van der Waals surface area contributed by atoms with E-state index in [2.05, 4.69) is 4.99 Å². The van der Waals surface area contributed by atoms with Gasteiger partial charge in [-0.2, -0.15) is 4.99 Å². The fraction of sp³-hybridized carbons (Fsp3) is 0.200. The highest BCUT2D eigenvalue weighted by Crippen LogP contribution is 2.19. The number of amides is 1. The predicted octanol–water partition coefficient (Wildman–Crippen LogP) is 2.68. The number of benzene rings is 1. The zero-order valence-electron chi connectivity index (χ0n) is 10.2. The van der Waals surface area contributed by atoms with E-state index in [0.717, 1.165) is 17.0 Å². The van der Waals surface area contributed by atoms with Crippen LogP contribution in [0.3, 0.4) is 0 Å². The fourth-order valence-electron chi connectivity index (χ4n) is 1.99. The van der Waals surface area contributed by atoms with Crippen molar-refractivity contribution < 1.29 is 9.16 Å². The third kappa shape index (κ3) is 1.99. The van der Waals surface area contributed by atoms with E-state index in [0.29, 0.717) is 12.5 Å². The van der Waals surface area contributed by atoms with Gasteiger partial charge < -0.3 is 4.74 Å². The maximum absolute atomic E-state index is 5.83. The van der Waals surface area contributed by atoms with Gasteiger partial charge in [0.2, 0.25) is 0 Å². The van der Waals surface area contributed by atoms with Crippen molar-refractivity contribution >= 4 is 11.6 Å². The molecule has 0 spiro atoms. The molecule has 0 saturated carbocycles. The molecule has 1 atom stereocenters. The molecule has 3 nitrogen and oxygen atoms in total. The van der Waals surface area contributed by atoms with Gasteiger partial charge in [0.05, 0.1) is 12.7 Å². The summed E-state index contributed by atoms with van der Waals surface area (Å²) in [5.74, 6) is 1.52. The van der Waals surface area contributed by atoms with Crippen LogP contribution >= 0.6 is 0 Å². The van der Waals surface area contributed by atoms with Crippen LogP contribution in [-0.4, -0.2) is 24.3 Å². The summed E-state index contributed by atoms with van der Waals surface area (Å²) in [6.45, 7) is 2.62. The van der Waals surface area contributed by atoms with Gasteiger partial charge >= 0.3 is 12.0 Å². The van der Waals surface area contributed by atoms with Crippen molar-refractivity contribution in [3.8, 4) is 0 Å². The van der Waals surface area contributed by atoms with Crippen LogP contribution in [-0.2, 0) is 4.74 Å². The van der Waals surface area contributed by atoms with Crippen LogP contribution < -0.4 is 0 Å². The first kappa shape index (κ1) is 11.0. The molecule has 1 aliphatic heterocycles. The van der Waals surface area contributed by atoms with E-state index in [1.165, 1.54) is 0 Å². The van der Waals surface area contributed by atoms with Crippen LogP contribution in [0.15, 0.2) is 59.3 Å². The summed E-state index contributed by atoms with van der Waals surface area (Å²) in [5, 5.41) is 0. The molecule has 0 amide bonds. The summed E-state index contributed by atoms with van der Waals surface area (Å²) in [6.07, 6.45) is 5.71. The van der Waals surface area contributed by atoms with Crippen molar-refractivity contribution in [2.45, 2.75) is 13.0 Å². The van der Waals surface area contributed by atoms with Gasteiger partial charge in [0.25, 0.3) is 0 Å². The van der Waals surface area contributed by atoms with Crippen LogP contribution in [0.1, 0.15) is 16.9 Å². The summed E-state index contributed by atoms with van der Waals surface area (Å²) >= 11 is 0. The molecule has 0 bridgehead atoms. The number of nitrogens with zero attached hydrogens (tertiary/aromatic N) is 1. The zero-order valence-corrected chi connectivity index (χ0v) is 10.2. The molecule has 2 aliphatic rings. The Bertz CT molecular complexity index is 567. The van der Waals surface area contributed by atoms with Gasteiger partial charge in [-0.05, 0) is 31.2 Å². The van der Waals surface area contributed by atoms with Crippen molar-refractivity contribution in [1.29, 1.82) is 0 Å². The number of ether oxygens (including phenoxy) is 1. The Labute approximate surface area is 106 Å². The lowest BCUT2D eigenvalue weighted by atomic mass is 10.1. The summed E-state index contributed by atoms with van der Waals surface area (Å²) in [7, 11) is 0. The Hall–Kier alpha value is -2.16. The Kier molecular flexibility index (Phi) is 2.81. The average molecular weight is 240 g/mol. The summed E-state index contributed by atoms with van der Waals surface area (Å²) in [5.41, 5.74) is 1.93. The number of fused-ring (bicyclic) bond motifs is 1. The van der Waals surface area contributed by atoms with Crippen molar-refractivity contribution in [2.75, 3.05) is 6.61 Å². The second-order valence-electron chi connectivity index (χ2n) is 4.08. The minimum atomic E-state index is -0.119. The summed E-state index contributed by atoms with van der Waals surface area (Å²) in [4.78, 5) is 4.50. The Morgan fingerprint density at radius 2 is 2.06 bits per heavy atom. The molecule has 3 rings (SSSR count). The molecule has 18 heavy (non-hydrogen) atoms. The van der Waals surface area contributed by atoms with Gasteiger partial charge in [0, 0.05) is 0 Å². The molecule has 1 heterocycles. The van der Waals surface area contributed by atoms with E-state index in [1.807, 2.05) is 55.5 Å². The molecule has 90 valence electrons. The second-order valence-corrected chi connectivity index (χ2v) is 4.08. The smallest absolute Gasteiger partial charge is 0.453 e. The van der Waals surface area contributed by atoms with Crippen molar-refractivity contribution in [1.82, 2.24) is 0 Å². The zero-order chi connectivity index (χ0) is 12.4. The maximum Gasteiger partial charge on any atom is 0.453 e. The van der Waals surface area contributed by atoms with Crippen LogP contribution in [0, 0.1) is 0 Å². The number of hydrogen-bond donors (Lipinski definition) is 0. The van der Waals surface area contributed by atoms with Crippen molar-refractivity contribution in [3.63, 3.8) is 0 Å². The summed E-state index contributed by atoms with van der Waals surface area (Å²) < 4.78 is 11.3. The highest BCUT2D eigenvalue weighted by molar-refractivity contribution is 6.13. The quantitative estimate of drug-likeness (QED) is 0.748. The molecule has 0 aromatic heterocycles. The minimum absolute atomic E-state index is 0.119. The molecule has 1 aliphatic carbocycles. The second kappa shape index (κ2) is 4.61. The lowest BCUT2D eigenvalue weighted by molar-refractivity contribution is -0.277. The predicted molar refractivity (Wildman–Crippen MR) is 70.8 cm³/mol. The average Bonchev–Trinajstić information content (AvgIpc) is 2.83. The number of aliphatic imine (C=N–C) groups is 1. The highest BCUT2D eigenvalue weighted by atomic mass is 16.5. The van der Waals surface area contributed by atoms with Crippen LogP contribution in [0.2, 0.25) is 0 Å². The third-order valence-corrected chi connectivity index (χ3v) is 2.83. The van der Waals surface area contributed by atoms with E-state index in [9.17, 15) is 0 Å². The van der Waals surface area contributed by atoms with E-state index >= 15 is 0 Å². The third-order valence-electron chi connectivity index (χ3n) is 2.83. The van der Waals surface area contributed by atoms with Gasteiger partial charge in [-0.25, -0.2) is 4.42 Å². The fourth-order valence-corrected chi connectivity index (χ4v) is 1.99. The van der Waals surface area contributed by atoms with Gasteiger partial charge in [0.1, 0.15) is 11.3 Å². The van der Waals surface area contributed by atoms with Crippen LogP contribution in [0.4, 0.5) is 0 Å². The lowest BCUT2D eigenvalue weighted by Gasteiger charge is -2.06. The first-order chi connectivity index (χ1) is 8.86. The van der Waals surface area contributed by atoms with E-state index in [4.69, 9.17) is 9.16 Å². The molecule has 0 fully saturated rings. The van der Waals surface area contributed by atoms with Crippen molar-refractivity contribution in [3.05, 3.63) is 59.9 Å². The normalized spacial score (nSPS) is 20.9. The molecule has 3 heteroatoms. The molecule has 1 aromatic carbocycles. The number of carbonyl (C=O) groups excluding carboxylic acids is 1. The molecular weight excluding hydrogens is 226 g/mol. The van der Waals surface area contributed by atoms with Crippen LogP contribution in [0.5, 0.6) is 0 Å².